The Morgan fingerprint density at radius 2 is 2.09 bits per heavy atom. The van der Waals surface area contributed by atoms with Gasteiger partial charge in [0.1, 0.15) is 17.1 Å². The maximum absolute atomic E-state index is 14.0. The number of carbonyl (C=O) groups is 2. The molecule has 3 N–H and O–H groups in total. The molecule has 0 saturated carbocycles. The summed E-state index contributed by atoms with van der Waals surface area (Å²) in [6.45, 7) is 5.43. The van der Waals surface area contributed by atoms with Gasteiger partial charge in [-0.3, -0.25) is 4.79 Å². The minimum absolute atomic E-state index is 0.0183. The van der Waals surface area contributed by atoms with Crippen molar-refractivity contribution in [2.45, 2.75) is 44.9 Å². The number of anilines is 2. The molecule has 1 aromatic heterocycles. The van der Waals surface area contributed by atoms with Crippen molar-refractivity contribution < 1.29 is 23.8 Å². The maximum atomic E-state index is 14.0. The summed E-state index contributed by atoms with van der Waals surface area (Å²) in [6, 6.07) is 4.67. The third-order valence-corrected chi connectivity index (χ3v) is 4.90. The molecule has 0 radical (unpaired) electrons. The Balaban J connectivity index is 1.80. The molecular formula is C21H25ClFN5O4. The number of nitrogens with one attached hydrogen (secondary N) is 2. The van der Waals surface area contributed by atoms with E-state index in [-0.39, 0.29) is 35.4 Å². The third kappa shape index (κ3) is 6.04. The molecular weight excluding hydrogens is 441 g/mol. The summed E-state index contributed by atoms with van der Waals surface area (Å²) >= 11 is 5.74. The highest BCUT2D eigenvalue weighted by Crippen LogP contribution is 2.33. The van der Waals surface area contributed by atoms with Crippen molar-refractivity contribution in [1.82, 2.24) is 15.3 Å². The molecule has 0 spiro atoms. The Morgan fingerprint density at radius 1 is 1.34 bits per heavy atom. The molecule has 0 unspecified atom stereocenters. The number of alkyl carbamates (subject to hydrolysis) is 1. The van der Waals surface area contributed by atoms with Crippen molar-refractivity contribution in [3.63, 3.8) is 0 Å². The van der Waals surface area contributed by atoms with E-state index in [9.17, 15) is 19.1 Å². The zero-order valence-corrected chi connectivity index (χ0v) is 18.7. The van der Waals surface area contributed by atoms with Crippen LogP contribution >= 0.6 is 11.6 Å². The Bertz CT molecular complexity index is 1000. The largest absolute Gasteiger partial charge is 0.444 e. The number of hydrogen-bond acceptors (Lipinski definition) is 7. The molecule has 2 aromatic rings. The Hall–Kier alpha value is -2.98. The predicted octanol–water partition coefficient (Wildman–Crippen LogP) is 2.99. The Morgan fingerprint density at radius 3 is 2.75 bits per heavy atom. The van der Waals surface area contributed by atoms with Crippen molar-refractivity contribution >= 4 is 35.0 Å². The first-order valence-electron chi connectivity index (χ1n) is 10.0. The SMILES string of the molecule is CC(C)(C)OC(=O)N[C@H]1C[C@@H](CO)N(c2ccc(F)cc2NC(=O)c2ccnc(Cl)n2)C1. The van der Waals surface area contributed by atoms with Gasteiger partial charge in [0.05, 0.1) is 30.1 Å². The van der Waals surface area contributed by atoms with Crippen molar-refractivity contribution in [3.05, 3.63) is 47.3 Å². The summed E-state index contributed by atoms with van der Waals surface area (Å²) in [4.78, 5) is 34.2. The molecule has 2 atom stereocenters. The van der Waals surface area contributed by atoms with Gasteiger partial charge in [0.25, 0.3) is 5.91 Å². The van der Waals surface area contributed by atoms with Crippen molar-refractivity contribution in [2.75, 3.05) is 23.4 Å². The molecule has 1 saturated heterocycles. The van der Waals surface area contributed by atoms with Crippen LogP contribution in [0.4, 0.5) is 20.6 Å². The summed E-state index contributed by atoms with van der Waals surface area (Å²) in [6.07, 6.45) is 1.22. The minimum Gasteiger partial charge on any atom is -0.444 e. The molecule has 1 aliphatic rings. The van der Waals surface area contributed by atoms with Crippen LogP contribution in [0.15, 0.2) is 30.5 Å². The number of benzene rings is 1. The summed E-state index contributed by atoms with van der Waals surface area (Å²) < 4.78 is 19.3. The van der Waals surface area contributed by atoms with Gasteiger partial charge in [-0.25, -0.2) is 19.2 Å². The second-order valence-corrected chi connectivity index (χ2v) is 8.73. The molecule has 2 amide bonds. The van der Waals surface area contributed by atoms with Crippen LogP contribution in [0.1, 0.15) is 37.7 Å². The zero-order valence-electron chi connectivity index (χ0n) is 17.9. The molecule has 32 heavy (non-hydrogen) atoms. The lowest BCUT2D eigenvalue weighted by Gasteiger charge is -2.27. The van der Waals surface area contributed by atoms with Crippen LogP contribution in [0, 0.1) is 5.82 Å². The minimum atomic E-state index is -0.642. The van der Waals surface area contributed by atoms with Crippen LogP contribution in [0.5, 0.6) is 0 Å². The number of ether oxygens (including phenoxy) is 1. The van der Waals surface area contributed by atoms with Crippen LogP contribution in [-0.4, -0.2) is 57.9 Å². The fourth-order valence-corrected chi connectivity index (χ4v) is 3.62. The molecule has 3 rings (SSSR count). The number of aromatic nitrogens is 2. The monoisotopic (exact) mass is 465 g/mol. The van der Waals surface area contributed by atoms with E-state index in [1.165, 1.54) is 30.5 Å². The van der Waals surface area contributed by atoms with Gasteiger partial charge in [-0.1, -0.05) is 0 Å². The number of aliphatic hydroxyl groups excluding tert-OH is 1. The van der Waals surface area contributed by atoms with E-state index >= 15 is 0 Å². The van der Waals surface area contributed by atoms with Crippen LogP contribution in [0.2, 0.25) is 5.28 Å². The topological polar surface area (TPSA) is 117 Å². The number of aliphatic hydroxyl groups is 1. The summed E-state index contributed by atoms with van der Waals surface area (Å²) in [5, 5.41) is 15.2. The van der Waals surface area contributed by atoms with Gasteiger partial charge in [0.2, 0.25) is 5.28 Å². The third-order valence-electron chi connectivity index (χ3n) is 4.72. The number of amides is 2. The van der Waals surface area contributed by atoms with Crippen LogP contribution in [0.25, 0.3) is 0 Å². The van der Waals surface area contributed by atoms with Gasteiger partial charge < -0.3 is 25.4 Å². The highest BCUT2D eigenvalue weighted by atomic mass is 35.5. The van der Waals surface area contributed by atoms with Gasteiger partial charge in [-0.2, -0.15) is 0 Å². The zero-order chi connectivity index (χ0) is 23.5. The summed E-state index contributed by atoms with van der Waals surface area (Å²) in [5.41, 5.74) is 0.0650. The highest BCUT2D eigenvalue weighted by Gasteiger charge is 2.35. The molecule has 9 nitrogen and oxygen atoms in total. The normalized spacial score (nSPS) is 18.4. The van der Waals surface area contributed by atoms with Crippen LogP contribution in [-0.2, 0) is 4.74 Å². The van der Waals surface area contributed by atoms with Crippen molar-refractivity contribution in [2.24, 2.45) is 0 Å². The van der Waals surface area contributed by atoms with Gasteiger partial charge >= 0.3 is 6.09 Å². The number of carbonyl (C=O) groups excluding carboxylic acids is 2. The molecule has 172 valence electrons. The highest BCUT2D eigenvalue weighted by molar-refractivity contribution is 6.28. The first kappa shape index (κ1) is 23.7. The van der Waals surface area contributed by atoms with Crippen LogP contribution in [0.3, 0.4) is 0 Å². The van der Waals surface area contributed by atoms with Crippen molar-refractivity contribution in [1.29, 1.82) is 0 Å². The van der Waals surface area contributed by atoms with E-state index in [4.69, 9.17) is 16.3 Å². The van der Waals surface area contributed by atoms with E-state index in [2.05, 4.69) is 20.6 Å². The van der Waals surface area contributed by atoms with E-state index in [0.29, 0.717) is 18.7 Å². The first-order valence-corrected chi connectivity index (χ1v) is 10.4. The molecule has 0 bridgehead atoms. The number of hydrogen-bond donors (Lipinski definition) is 3. The van der Waals surface area contributed by atoms with Crippen LogP contribution < -0.4 is 15.5 Å². The Kier molecular flexibility index (Phi) is 7.15. The first-order chi connectivity index (χ1) is 15.1. The standard InChI is InChI=1S/C21H25ClFN5O4/c1-21(2,3)32-20(31)25-13-9-14(11-29)28(10-13)17-5-4-12(23)8-16(17)26-18(30)15-6-7-24-19(22)27-15/h4-8,13-14,29H,9-11H2,1-3H3,(H,25,31)(H,26,30)/t13-,14-/m0/s1. The van der Waals surface area contributed by atoms with E-state index in [1.807, 2.05) is 4.90 Å². The average Bonchev–Trinajstić information content (AvgIpc) is 3.09. The second kappa shape index (κ2) is 9.66. The van der Waals surface area contributed by atoms with Gasteiger partial charge in [-0.15, -0.1) is 0 Å². The van der Waals surface area contributed by atoms with Crippen molar-refractivity contribution in [3.8, 4) is 0 Å². The fourth-order valence-electron chi connectivity index (χ4n) is 3.47. The molecule has 1 aromatic carbocycles. The summed E-state index contributed by atoms with van der Waals surface area (Å²) in [7, 11) is 0. The maximum Gasteiger partial charge on any atom is 0.407 e. The lowest BCUT2D eigenvalue weighted by atomic mass is 10.1. The molecule has 1 aliphatic heterocycles. The Labute approximate surface area is 189 Å². The molecule has 1 fully saturated rings. The van der Waals surface area contributed by atoms with E-state index < -0.39 is 23.4 Å². The van der Waals surface area contributed by atoms with Gasteiger partial charge in [0, 0.05) is 12.7 Å². The number of halogens is 2. The van der Waals surface area contributed by atoms with Gasteiger partial charge in [0.15, 0.2) is 0 Å². The lowest BCUT2D eigenvalue weighted by Crippen LogP contribution is -2.40. The van der Waals surface area contributed by atoms with E-state index in [1.54, 1.807) is 20.8 Å². The summed E-state index contributed by atoms with van der Waals surface area (Å²) in [5.74, 6) is -1.14. The molecule has 0 aliphatic carbocycles. The fraction of sp³-hybridized carbons (Fsp3) is 0.429. The quantitative estimate of drug-likeness (QED) is 0.581. The lowest BCUT2D eigenvalue weighted by molar-refractivity contribution is 0.0507. The van der Waals surface area contributed by atoms with E-state index in [0.717, 1.165) is 0 Å². The molecule has 2 heterocycles. The number of nitrogens with zero attached hydrogens (tertiary/aromatic N) is 3. The smallest absolute Gasteiger partial charge is 0.407 e. The average molecular weight is 466 g/mol. The second-order valence-electron chi connectivity index (χ2n) is 8.39. The predicted molar refractivity (Wildman–Crippen MR) is 117 cm³/mol. The van der Waals surface area contributed by atoms with Gasteiger partial charge in [-0.05, 0) is 63.1 Å². The molecule has 11 heteroatoms. The number of rotatable bonds is 5.